The molecule has 0 atom stereocenters. The average Bonchev–Trinajstić information content (AvgIpc) is 3.89. The molecule has 6 heteroatoms. The first kappa shape index (κ1) is 36.9. The third-order valence-corrected chi connectivity index (χ3v) is 12.2. The Morgan fingerprint density at radius 3 is 1.50 bits per heavy atom. The molecule has 9 aromatic carbocycles. The second kappa shape index (κ2) is 15.2. The van der Waals surface area contributed by atoms with Gasteiger partial charge in [-0.3, -0.25) is 0 Å². The van der Waals surface area contributed by atoms with Crippen LogP contribution in [0.2, 0.25) is 0 Å². The summed E-state index contributed by atoms with van der Waals surface area (Å²) in [4.78, 5) is 18.9. The maximum Gasteiger partial charge on any atom is 0.188 e. The normalized spacial score (nSPS) is 11.4. The quantitative estimate of drug-likeness (QED) is 0.151. The maximum atomic E-state index is 8.19. The summed E-state index contributed by atoms with van der Waals surface area (Å²) in [5.74, 6) is 1.66. The Kier molecular flexibility index (Phi) is 8.77. The Morgan fingerprint density at radius 1 is 0.328 bits per heavy atom. The van der Waals surface area contributed by atoms with E-state index in [1.807, 2.05) is 72.8 Å². The van der Waals surface area contributed by atoms with Crippen LogP contribution in [0, 0.1) is 6.57 Å². The smallest absolute Gasteiger partial charge is 0.188 e. The van der Waals surface area contributed by atoms with Crippen molar-refractivity contribution in [3.63, 3.8) is 0 Å². The molecule has 0 saturated carbocycles. The van der Waals surface area contributed by atoms with E-state index in [9.17, 15) is 0 Å². The van der Waals surface area contributed by atoms with Gasteiger partial charge in [-0.15, -0.1) is 0 Å². The fourth-order valence-corrected chi connectivity index (χ4v) is 9.24. The van der Waals surface area contributed by atoms with Gasteiger partial charge in [0.1, 0.15) is 0 Å². The van der Waals surface area contributed by atoms with E-state index in [-0.39, 0.29) is 0 Å². The van der Waals surface area contributed by atoms with Crippen molar-refractivity contribution in [1.82, 2.24) is 24.1 Å². The minimum absolute atomic E-state index is 0.508. The van der Waals surface area contributed by atoms with Crippen LogP contribution in [0.15, 0.2) is 218 Å². The van der Waals surface area contributed by atoms with Crippen LogP contribution in [0.4, 0.5) is 5.69 Å². The van der Waals surface area contributed by atoms with Crippen molar-refractivity contribution in [3.05, 3.63) is 230 Å². The second-order valence-electron chi connectivity index (χ2n) is 15.9. The van der Waals surface area contributed by atoms with E-state index in [0.717, 1.165) is 72.1 Å². The van der Waals surface area contributed by atoms with Crippen LogP contribution in [0.5, 0.6) is 0 Å². The maximum absolute atomic E-state index is 8.19. The van der Waals surface area contributed by atoms with Gasteiger partial charge in [0.25, 0.3) is 0 Å². The molecule has 3 heterocycles. The van der Waals surface area contributed by atoms with Gasteiger partial charge in [-0.1, -0.05) is 152 Å². The minimum atomic E-state index is 0.508. The van der Waals surface area contributed by atoms with Gasteiger partial charge in [0.05, 0.1) is 28.6 Å². The van der Waals surface area contributed by atoms with Crippen molar-refractivity contribution >= 4 is 49.3 Å². The molecule has 12 aromatic rings. The molecule has 298 valence electrons. The fraction of sp³-hybridized carbons (Fsp3) is 0. The molecule has 0 aliphatic rings. The molecule has 6 nitrogen and oxygen atoms in total. The zero-order chi connectivity index (χ0) is 42.6. The Balaban J connectivity index is 0.978. The lowest BCUT2D eigenvalue weighted by Crippen LogP contribution is -2.00. The SMILES string of the molecule is [C-]#[N+]c1cc(-c2nc(-c3ccccc3)nc(-c3ccccc3)n2)cc(-c2cccc3c2c2ccccc2n3-c2ccc(-c3ccc4c5ccccc5n(-c5ccccc5)c4c3)cc2)c1. The van der Waals surface area contributed by atoms with Gasteiger partial charge in [0, 0.05) is 49.6 Å². The summed E-state index contributed by atoms with van der Waals surface area (Å²) in [5.41, 5.74) is 14.0. The van der Waals surface area contributed by atoms with Crippen LogP contribution >= 0.6 is 0 Å². The van der Waals surface area contributed by atoms with E-state index in [1.165, 1.54) is 21.8 Å². The minimum Gasteiger partial charge on any atom is -0.309 e. The largest absolute Gasteiger partial charge is 0.309 e. The number of hydrogen-bond acceptors (Lipinski definition) is 3. The number of para-hydroxylation sites is 3. The monoisotopic (exact) mass is 816 g/mol. The number of nitrogens with zero attached hydrogens (tertiary/aromatic N) is 6. The topological polar surface area (TPSA) is 52.9 Å². The molecule has 0 N–H and O–H groups in total. The van der Waals surface area contributed by atoms with Gasteiger partial charge >= 0.3 is 0 Å². The highest BCUT2D eigenvalue weighted by atomic mass is 15.0. The van der Waals surface area contributed by atoms with E-state index in [2.05, 4.69) is 160 Å². The summed E-state index contributed by atoms with van der Waals surface area (Å²) in [6, 6.07) is 75.8. The first-order valence-corrected chi connectivity index (χ1v) is 21.3. The van der Waals surface area contributed by atoms with Gasteiger partial charge in [0.2, 0.25) is 0 Å². The predicted molar refractivity (Wildman–Crippen MR) is 262 cm³/mol. The molecule has 0 bridgehead atoms. The van der Waals surface area contributed by atoms with E-state index >= 15 is 0 Å². The molecule has 0 aliphatic heterocycles. The summed E-state index contributed by atoms with van der Waals surface area (Å²) in [6.07, 6.45) is 0. The zero-order valence-electron chi connectivity index (χ0n) is 34.5. The van der Waals surface area contributed by atoms with E-state index < -0.39 is 0 Å². The molecule has 0 spiro atoms. The summed E-state index contributed by atoms with van der Waals surface area (Å²) >= 11 is 0. The van der Waals surface area contributed by atoms with Crippen LogP contribution in [-0.4, -0.2) is 24.1 Å². The van der Waals surface area contributed by atoms with Crippen molar-refractivity contribution in [2.24, 2.45) is 0 Å². The third kappa shape index (κ3) is 6.22. The predicted octanol–water partition coefficient (Wildman–Crippen LogP) is 15.0. The standard InChI is InChI=1S/C58H36N6/c1-59-44-35-42(34-43(36-44)58-61-56(39-16-5-2-6-17-39)60-57(62-58)40-18-7-3-8-19-40)47-24-15-27-53-55(47)50-23-12-14-26-52(50)63(53)46-31-28-38(29-32-46)41-30-33-49-48-22-11-13-25-51(48)64(54(49)37-41)45-20-9-4-10-21-45/h2-37H. The van der Waals surface area contributed by atoms with E-state index in [1.54, 1.807) is 0 Å². The molecule has 0 aliphatic carbocycles. The number of hydrogen-bond donors (Lipinski definition) is 0. The number of fused-ring (bicyclic) bond motifs is 6. The first-order chi connectivity index (χ1) is 31.7. The Hall–Kier alpha value is -8.92. The lowest BCUT2D eigenvalue weighted by atomic mass is 9.97. The van der Waals surface area contributed by atoms with Gasteiger partial charge in [-0.05, 0) is 89.0 Å². The number of aromatic nitrogens is 5. The molecule has 0 unspecified atom stereocenters. The molecule has 12 rings (SSSR count). The average molecular weight is 817 g/mol. The van der Waals surface area contributed by atoms with Gasteiger partial charge in [-0.2, -0.15) is 0 Å². The van der Waals surface area contributed by atoms with Crippen LogP contribution in [0.25, 0.3) is 116 Å². The Bertz CT molecular complexity index is 3710. The second-order valence-corrected chi connectivity index (χ2v) is 15.9. The summed E-state index contributed by atoms with van der Waals surface area (Å²) in [6.45, 7) is 8.19. The highest BCUT2D eigenvalue weighted by Crippen LogP contribution is 2.42. The summed E-state index contributed by atoms with van der Waals surface area (Å²) in [5, 5.41) is 4.72. The molecular formula is C58H36N6. The van der Waals surface area contributed by atoms with Crippen molar-refractivity contribution in [2.45, 2.75) is 0 Å². The van der Waals surface area contributed by atoms with E-state index in [4.69, 9.17) is 21.5 Å². The van der Waals surface area contributed by atoms with Crippen LogP contribution in [0.1, 0.15) is 0 Å². The molecule has 3 aromatic heterocycles. The van der Waals surface area contributed by atoms with Crippen LogP contribution in [-0.2, 0) is 0 Å². The highest BCUT2D eigenvalue weighted by molar-refractivity contribution is 6.16. The van der Waals surface area contributed by atoms with Crippen molar-refractivity contribution in [2.75, 3.05) is 0 Å². The highest BCUT2D eigenvalue weighted by Gasteiger charge is 2.19. The molecular weight excluding hydrogens is 781 g/mol. The Morgan fingerprint density at radius 2 is 0.828 bits per heavy atom. The van der Waals surface area contributed by atoms with E-state index in [0.29, 0.717) is 23.2 Å². The summed E-state index contributed by atoms with van der Waals surface area (Å²) < 4.78 is 4.71. The molecule has 0 amide bonds. The van der Waals surface area contributed by atoms with Crippen LogP contribution < -0.4 is 0 Å². The Labute approximate surface area is 369 Å². The number of benzene rings is 9. The van der Waals surface area contributed by atoms with Crippen molar-refractivity contribution in [1.29, 1.82) is 0 Å². The van der Waals surface area contributed by atoms with Gasteiger partial charge < -0.3 is 9.13 Å². The van der Waals surface area contributed by atoms with Gasteiger partial charge in [-0.25, -0.2) is 19.8 Å². The van der Waals surface area contributed by atoms with Gasteiger partial charge in [0.15, 0.2) is 23.2 Å². The molecule has 0 radical (unpaired) electrons. The van der Waals surface area contributed by atoms with Crippen molar-refractivity contribution < 1.29 is 0 Å². The lowest BCUT2D eigenvalue weighted by Gasteiger charge is -2.12. The fourth-order valence-electron chi connectivity index (χ4n) is 9.24. The molecule has 0 saturated heterocycles. The zero-order valence-corrected chi connectivity index (χ0v) is 34.5. The first-order valence-electron chi connectivity index (χ1n) is 21.3. The molecule has 0 fully saturated rings. The van der Waals surface area contributed by atoms with Crippen molar-refractivity contribution in [3.8, 4) is 67.8 Å². The molecule has 64 heavy (non-hydrogen) atoms. The van der Waals surface area contributed by atoms with Crippen LogP contribution in [0.3, 0.4) is 0 Å². The number of rotatable bonds is 7. The summed E-state index contributed by atoms with van der Waals surface area (Å²) in [7, 11) is 0. The lowest BCUT2D eigenvalue weighted by molar-refractivity contribution is 1.07. The third-order valence-electron chi connectivity index (χ3n) is 12.2.